The van der Waals surface area contributed by atoms with Crippen LogP contribution in [0, 0.1) is 0 Å². The molecule has 0 aromatic heterocycles. The SMILES string of the molecule is CCCCCCCCC=CCCCCCCCCOC(COCCN1CCN(C)CC1)C(OCCCCCCCCC=CCCCCCCCC)C(N)=O. The van der Waals surface area contributed by atoms with Crippen molar-refractivity contribution in [2.75, 3.05) is 66.2 Å². The number of hydrogen-bond acceptors (Lipinski definition) is 6. The number of hydrogen-bond donors (Lipinski definition) is 1. The minimum Gasteiger partial charge on any atom is -0.377 e. The lowest BCUT2D eigenvalue weighted by molar-refractivity contribution is -0.148. The lowest BCUT2D eigenvalue weighted by atomic mass is 10.1. The molecule has 1 amide bonds. The molecule has 1 rings (SSSR count). The summed E-state index contributed by atoms with van der Waals surface area (Å²) in [5, 5.41) is 0. The minimum absolute atomic E-state index is 0.334. The van der Waals surface area contributed by atoms with E-state index in [-0.39, 0.29) is 0 Å². The number of rotatable bonds is 41. The maximum absolute atomic E-state index is 12.6. The Kier molecular flexibility index (Phi) is 37.6. The quantitative estimate of drug-likeness (QED) is 0.0494. The van der Waals surface area contributed by atoms with Gasteiger partial charge in [0.1, 0.15) is 6.10 Å². The lowest BCUT2D eigenvalue weighted by Gasteiger charge is -2.32. The van der Waals surface area contributed by atoms with Crippen molar-refractivity contribution in [1.82, 2.24) is 9.80 Å². The summed E-state index contributed by atoms with van der Waals surface area (Å²) in [7, 11) is 2.18. The van der Waals surface area contributed by atoms with E-state index in [2.05, 4.69) is 55.0 Å². The van der Waals surface area contributed by atoms with Crippen molar-refractivity contribution in [3.63, 3.8) is 0 Å². The van der Waals surface area contributed by atoms with Gasteiger partial charge in [-0.1, -0.05) is 154 Å². The van der Waals surface area contributed by atoms with Gasteiger partial charge in [-0.05, 0) is 71.3 Å². The van der Waals surface area contributed by atoms with Crippen LogP contribution in [-0.4, -0.2) is 94.1 Å². The summed E-state index contributed by atoms with van der Waals surface area (Å²) in [6, 6.07) is 0. The molecule has 318 valence electrons. The van der Waals surface area contributed by atoms with E-state index in [1.807, 2.05) is 0 Å². The van der Waals surface area contributed by atoms with Crippen molar-refractivity contribution in [1.29, 1.82) is 0 Å². The van der Waals surface area contributed by atoms with Gasteiger partial charge in [-0.3, -0.25) is 9.69 Å². The molecule has 1 aliphatic heterocycles. The second-order valence-corrected chi connectivity index (χ2v) is 16.2. The number of nitrogens with zero attached hydrogens (tertiary/aromatic N) is 2. The van der Waals surface area contributed by atoms with Gasteiger partial charge in [-0.15, -0.1) is 0 Å². The summed E-state index contributed by atoms with van der Waals surface area (Å²) in [5.74, 6) is -0.451. The van der Waals surface area contributed by atoms with Crippen LogP contribution in [0.2, 0.25) is 0 Å². The molecule has 2 unspecified atom stereocenters. The van der Waals surface area contributed by atoms with Crippen molar-refractivity contribution in [3.8, 4) is 0 Å². The Morgan fingerprint density at radius 1 is 0.537 bits per heavy atom. The molecular weight excluding hydrogens is 671 g/mol. The maximum Gasteiger partial charge on any atom is 0.249 e. The molecule has 1 aliphatic rings. The van der Waals surface area contributed by atoms with Crippen molar-refractivity contribution < 1.29 is 19.0 Å². The molecule has 0 aromatic rings. The predicted octanol–water partition coefficient (Wildman–Crippen LogP) is 11.6. The predicted molar refractivity (Wildman–Crippen MR) is 232 cm³/mol. The molecule has 0 radical (unpaired) electrons. The first-order valence-corrected chi connectivity index (χ1v) is 23.4. The summed E-state index contributed by atoms with van der Waals surface area (Å²) in [5.41, 5.74) is 5.89. The molecule has 0 spiro atoms. The number of carbonyl (C=O) groups excluding carboxylic acids is 1. The smallest absolute Gasteiger partial charge is 0.249 e. The van der Waals surface area contributed by atoms with Gasteiger partial charge in [0.2, 0.25) is 5.91 Å². The Morgan fingerprint density at radius 2 is 0.926 bits per heavy atom. The molecule has 0 saturated carbocycles. The van der Waals surface area contributed by atoms with E-state index in [9.17, 15) is 4.79 Å². The third kappa shape index (κ3) is 32.9. The Bertz CT molecular complexity index is 845. The van der Waals surface area contributed by atoms with E-state index in [0.29, 0.717) is 26.4 Å². The third-order valence-electron chi connectivity index (χ3n) is 11.0. The summed E-state index contributed by atoms with van der Waals surface area (Å²) in [6.07, 6.45) is 44.0. The van der Waals surface area contributed by atoms with Crippen LogP contribution in [0.3, 0.4) is 0 Å². The zero-order valence-corrected chi connectivity index (χ0v) is 36.2. The van der Waals surface area contributed by atoms with Gasteiger partial charge in [0, 0.05) is 45.9 Å². The van der Waals surface area contributed by atoms with Gasteiger partial charge < -0.3 is 24.8 Å². The highest BCUT2D eigenvalue weighted by Gasteiger charge is 2.29. The van der Waals surface area contributed by atoms with Crippen molar-refractivity contribution in [2.45, 2.75) is 206 Å². The fourth-order valence-corrected chi connectivity index (χ4v) is 7.20. The van der Waals surface area contributed by atoms with Crippen LogP contribution in [0.5, 0.6) is 0 Å². The average Bonchev–Trinajstić information content (AvgIpc) is 3.17. The molecule has 1 heterocycles. The third-order valence-corrected chi connectivity index (χ3v) is 11.0. The van der Waals surface area contributed by atoms with Gasteiger partial charge in [-0.2, -0.15) is 0 Å². The lowest BCUT2D eigenvalue weighted by Crippen LogP contribution is -2.47. The molecular formula is C47H91N3O4. The van der Waals surface area contributed by atoms with Crippen LogP contribution in [0.4, 0.5) is 0 Å². The van der Waals surface area contributed by atoms with Gasteiger partial charge in [0.05, 0.1) is 13.2 Å². The average molecular weight is 762 g/mol. The first kappa shape index (κ1) is 50.8. The molecule has 2 atom stereocenters. The first-order chi connectivity index (χ1) is 26.6. The monoisotopic (exact) mass is 762 g/mol. The second kappa shape index (κ2) is 40.0. The first-order valence-electron chi connectivity index (χ1n) is 23.4. The summed E-state index contributed by atoms with van der Waals surface area (Å²) in [4.78, 5) is 17.4. The van der Waals surface area contributed by atoms with Crippen molar-refractivity contribution in [2.24, 2.45) is 5.73 Å². The van der Waals surface area contributed by atoms with Gasteiger partial charge >= 0.3 is 0 Å². The number of primary amides is 1. The van der Waals surface area contributed by atoms with E-state index in [1.54, 1.807) is 0 Å². The molecule has 2 N–H and O–H groups in total. The van der Waals surface area contributed by atoms with E-state index >= 15 is 0 Å². The van der Waals surface area contributed by atoms with Gasteiger partial charge in [0.25, 0.3) is 0 Å². The second-order valence-electron chi connectivity index (χ2n) is 16.2. The number of allylic oxidation sites excluding steroid dienone is 4. The molecule has 54 heavy (non-hydrogen) atoms. The van der Waals surface area contributed by atoms with Gasteiger partial charge in [0.15, 0.2) is 6.10 Å². The number of ether oxygens (including phenoxy) is 3. The minimum atomic E-state index is -0.772. The molecule has 1 saturated heterocycles. The standard InChI is InChI=1S/C47H91N3O4/c1-4-6-8-10-12-14-16-18-20-22-24-26-28-30-32-34-41-53-45(44-52-43-40-50-38-36-49(3)37-39-50)46(47(48)51)54-42-35-33-31-29-27-25-23-21-19-17-15-13-11-9-7-5-2/h18-21,45-46H,4-17,22-44H2,1-3H3,(H2,48,51). The molecule has 0 bridgehead atoms. The van der Waals surface area contributed by atoms with Crippen LogP contribution in [-0.2, 0) is 19.0 Å². The van der Waals surface area contributed by atoms with Crippen molar-refractivity contribution >= 4 is 5.91 Å². The highest BCUT2D eigenvalue weighted by molar-refractivity contribution is 5.79. The zero-order valence-electron chi connectivity index (χ0n) is 36.2. The highest BCUT2D eigenvalue weighted by atomic mass is 16.6. The Hall–Kier alpha value is -1.25. The molecule has 7 heteroatoms. The highest BCUT2D eigenvalue weighted by Crippen LogP contribution is 2.14. The van der Waals surface area contributed by atoms with E-state index in [1.165, 1.54) is 154 Å². The van der Waals surface area contributed by atoms with Crippen LogP contribution in [0.1, 0.15) is 194 Å². The van der Waals surface area contributed by atoms with Crippen LogP contribution < -0.4 is 5.73 Å². The van der Waals surface area contributed by atoms with E-state index < -0.39 is 18.1 Å². The van der Waals surface area contributed by atoms with Crippen LogP contribution in [0.15, 0.2) is 24.3 Å². The molecule has 7 nitrogen and oxygen atoms in total. The zero-order chi connectivity index (χ0) is 39.0. The summed E-state index contributed by atoms with van der Waals surface area (Å²) < 4.78 is 18.5. The summed E-state index contributed by atoms with van der Waals surface area (Å²) >= 11 is 0. The number of nitrogens with two attached hydrogens (primary N) is 1. The normalized spacial score (nSPS) is 15.5. The number of unbranched alkanes of at least 4 members (excludes halogenated alkanes) is 24. The summed E-state index contributed by atoms with van der Waals surface area (Å²) in [6.45, 7) is 11.9. The number of carbonyl (C=O) groups is 1. The maximum atomic E-state index is 12.6. The fourth-order valence-electron chi connectivity index (χ4n) is 7.20. The Labute approximate surface area is 336 Å². The Balaban J connectivity index is 2.26. The number of likely N-dealkylation sites (N-methyl/N-ethyl adjacent to an activating group) is 1. The van der Waals surface area contributed by atoms with Crippen LogP contribution >= 0.6 is 0 Å². The van der Waals surface area contributed by atoms with E-state index in [4.69, 9.17) is 19.9 Å². The Morgan fingerprint density at radius 3 is 1.35 bits per heavy atom. The van der Waals surface area contributed by atoms with Gasteiger partial charge in [-0.25, -0.2) is 0 Å². The van der Waals surface area contributed by atoms with E-state index in [0.717, 1.165) is 58.4 Å². The van der Waals surface area contributed by atoms with Crippen LogP contribution in [0.25, 0.3) is 0 Å². The van der Waals surface area contributed by atoms with Crippen molar-refractivity contribution in [3.05, 3.63) is 24.3 Å². The fraction of sp³-hybridized carbons (Fsp3) is 0.894. The largest absolute Gasteiger partial charge is 0.377 e. The molecule has 0 aliphatic carbocycles. The molecule has 0 aromatic carbocycles. The topological polar surface area (TPSA) is 77.3 Å². The number of piperazine rings is 1. The number of amides is 1. The molecule has 1 fully saturated rings.